The maximum atomic E-state index is 13.5. The molecule has 0 spiro atoms. The second kappa shape index (κ2) is 7.48. The molecule has 0 bridgehead atoms. The van der Waals surface area contributed by atoms with Gasteiger partial charge < -0.3 is 9.88 Å². The lowest BCUT2D eigenvalue weighted by molar-refractivity contribution is 0.0698. The van der Waals surface area contributed by atoms with Crippen LogP contribution in [0.2, 0.25) is 0 Å². The van der Waals surface area contributed by atoms with E-state index < -0.39 is 21.7 Å². The van der Waals surface area contributed by atoms with Gasteiger partial charge in [0.15, 0.2) is 11.6 Å². The fraction of sp³-hybridized carbons (Fsp3) is 0.286. The molecule has 3 aromatic rings. The number of benzene rings is 2. The van der Waals surface area contributed by atoms with E-state index in [1.165, 1.54) is 4.31 Å². The Morgan fingerprint density at radius 3 is 2.33 bits per heavy atom. The number of sulfonamides is 1. The van der Waals surface area contributed by atoms with Gasteiger partial charge in [-0.2, -0.15) is 4.31 Å². The number of hydrogen-bond acceptors (Lipinski definition) is 3. The summed E-state index contributed by atoms with van der Waals surface area (Å²) in [7, 11) is -3.96. The van der Waals surface area contributed by atoms with Crippen molar-refractivity contribution in [3.05, 3.63) is 64.9 Å². The minimum absolute atomic E-state index is 0.0810. The van der Waals surface area contributed by atoms with Crippen molar-refractivity contribution in [1.29, 1.82) is 0 Å². The average molecular weight is 433 g/mol. The molecule has 1 fully saturated rings. The van der Waals surface area contributed by atoms with Gasteiger partial charge in [0.25, 0.3) is 5.91 Å². The zero-order valence-electron chi connectivity index (χ0n) is 16.6. The van der Waals surface area contributed by atoms with Gasteiger partial charge in [0, 0.05) is 48.3 Å². The van der Waals surface area contributed by atoms with Crippen molar-refractivity contribution in [3.8, 4) is 0 Å². The molecule has 0 atom stereocenters. The number of amides is 1. The largest absolute Gasteiger partial charge is 0.358 e. The highest BCUT2D eigenvalue weighted by atomic mass is 32.2. The van der Waals surface area contributed by atoms with Crippen LogP contribution in [0.5, 0.6) is 0 Å². The number of aromatic nitrogens is 1. The number of carbonyl (C=O) groups excluding carboxylic acids is 1. The number of aryl methyl sites for hydroxylation is 2. The molecule has 1 aromatic heterocycles. The molecule has 1 aliphatic rings. The molecule has 6 nitrogen and oxygen atoms in total. The first kappa shape index (κ1) is 20.5. The van der Waals surface area contributed by atoms with Crippen molar-refractivity contribution in [2.75, 3.05) is 26.2 Å². The number of nitrogens with zero attached hydrogens (tertiary/aromatic N) is 2. The molecule has 0 saturated carbocycles. The highest BCUT2D eigenvalue weighted by molar-refractivity contribution is 7.89. The Bertz CT molecular complexity index is 1250. The molecule has 2 heterocycles. The molecule has 1 N–H and O–H groups in total. The summed E-state index contributed by atoms with van der Waals surface area (Å²) in [6.07, 6.45) is 0. The van der Waals surface area contributed by atoms with E-state index >= 15 is 0 Å². The van der Waals surface area contributed by atoms with Gasteiger partial charge in [-0.1, -0.05) is 0 Å². The molecule has 4 rings (SSSR count). The summed E-state index contributed by atoms with van der Waals surface area (Å²) in [6, 6.07) is 7.99. The second-order valence-electron chi connectivity index (χ2n) is 7.41. The first-order chi connectivity index (χ1) is 14.2. The quantitative estimate of drug-likeness (QED) is 0.689. The lowest BCUT2D eigenvalue weighted by Gasteiger charge is -2.34. The highest BCUT2D eigenvalue weighted by Crippen LogP contribution is 2.24. The van der Waals surface area contributed by atoms with Gasteiger partial charge in [-0.3, -0.25) is 4.79 Å². The highest BCUT2D eigenvalue weighted by Gasteiger charge is 2.31. The Balaban J connectivity index is 1.49. The zero-order chi connectivity index (χ0) is 21.6. The molecule has 158 valence electrons. The number of aromatic amines is 1. The van der Waals surface area contributed by atoms with Crippen LogP contribution >= 0.6 is 0 Å². The number of nitrogens with one attached hydrogen (secondary N) is 1. The van der Waals surface area contributed by atoms with E-state index in [0.29, 0.717) is 11.6 Å². The molecular weight excluding hydrogens is 412 g/mol. The maximum absolute atomic E-state index is 13.5. The number of rotatable bonds is 3. The predicted molar refractivity (Wildman–Crippen MR) is 109 cm³/mol. The van der Waals surface area contributed by atoms with Gasteiger partial charge in [0.05, 0.1) is 4.90 Å². The molecular formula is C21H21F2N3O3S. The lowest BCUT2D eigenvalue weighted by Crippen LogP contribution is -2.50. The molecule has 1 aliphatic heterocycles. The van der Waals surface area contributed by atoms with Crippen molar-refractivity contribution in [1.82, 2.24) is 14.2 Å². The SMILES string of the molecule is Cc1[nH]c2ccc(C(=O)N3CCN(S(=O)(=O)c4ccc(F)c(F)c4)CC3)cc2c1C. The third kappa shape index (κ3) is 3.48. The van der Waals surface area contributed by atoms with Gasteiger partial charge >= 0.3 is 0 Å². The van der Waals surface area contributed by atoms with Crippen LogP contribution in [0.15, 0.2) is 41.3 Å². The summed E-state index contributed by atoms with van der Waals surface area (Å²) in [6.45, 7) is 4.55. The second-order valence-corrected chi connectivity index (χ2v) is 9.35. The molecule has 30 heavy (non-hydrogen) atoms. The monoisotopic (exact) mass is 433 g/mol. The van der Waals surface area contributed by atoms with Crippen LogP contribution in [0.1, 0.15) is 21.6 Å². The van der Waals surface area contributed by atoms with Crippen LogP contribution in [0.25, 0.3) is 10.9 Å². The summed E-state index contributed by atoms with van der Waals surface area (Å²) < 4.78 is 53.2. The third-order valence-corrected chi connectivity index (χ3v) is 7.50. The van der Waals surface area contributed by atoms with Crippen molar-refractivity contribution in [3.63, 3.8) is 0 Å². The Morgan fingerprint density at radius 2 is 1.67 bits per heavy atom. The van der Waals surface area contributed by atoms with Crippen LogP contribution in [0.4, 0.5) is 8.78 Å². The van der Waals surface area contributed by atoms with Gasteiger partial charge in [0.2, 0.25) is 10.0 Å². The Kier molecular flexibility index (Phi) is 5.11. The molecule has 1 amide bonds. The molecule has 2 aromatic carbocycles. The Hall–Kier alpha value is -2.78. The van der Waals surface area contributed by atoms with Crippen molar-refractivity contribution in [2.24, 2.45) is 0 Å². The van der Waals surface area contributed by atoms with Crippen molar-refractivity contribution < 1.29 is 22.0 Å². The topological polar surface area (TPSA) is 73.5 Å². The molecule has 0 aliphatic carbocycles. The third-order valence-electron chi connectivity index (χ3n) is 5.61. The normalized spacial score (nSPS) is 15.7. The fourth-order valence-electron chi connectivity index (χ4n) is 3.69. The van der Waals surface area contributed by atoms with Gasteiger partial charge in [-0.25, -0.2) is 17.2 Å². The predicted octanol–water partition coefficient (Wildman–Crippen LogP) is 3.21. The Labute approximate surface area is 173 Å². The first-order valence-electron chi connectivity index (χ1n) is 9.52. The lowest BCUT2D eigenvalue weighted by atomic mass is 10.1. The van der Waals surface area contributed by atoms with Gasteiger partial charge in [0.1, 0.15) is 0 Å². The summed E-state index contributed by atoms with van der Waals surface area (Å²) in [5, 5.41) is 0.984. The van der Waals surface area contributed by atoms with Crippen LogP contribution in [0, 0.1) is 25.5 Å². The zero-order valence-corrected chi connectivity index (χ0v) is 17.4. The van der Waals surface area contributed by atoms with E-state index in [-0.39, 0.29) is 37.0 Å². The maximum Gasteiger partial charge on any atom is 0.253 e. The van der Waals surface area contributed by atoms with Crippen LogP contribution in [-0.2, 0) is 10.0 Å². The number of halogens is 2. The standard InChI is InChI=1S/C21H21F2N3O3S/c1-13-14(2)24-20-6-3-15(11-17(13)20)21(27)25-7-9-26(10-8-25)30(28,29)16-4-5-18(22)19(23)12-16/h3-6,11-12,24H,7-10H2,1-2H3. The van der Waals surface area contributed by atoms with E-state index in [1.54, 1.807) is 11.0 Å². The minimum atomic E-state index is -3.96. The Morgan fingerprint density at radius 1 is 0.967 bits per heavy atom. The molecule has 1 saturated heterocycles. The fourth-order valence-corrected chi connectivity index (χ4v) is 5.13. The average Bonchev–Trinajstić information content (AvgIpc) is 3.02. The number of H-pyrrole nitrogens is 1. The molecule has 0 radical (unpaired) electrons. The summed E-state index contributed by atoms with van der Waals surface area (Å²) in [5.41, 5.74) is 3.64. The van der Waals surface area contributed by atoms with Crippen LogP contribution in [-0.4, -0.2) is 54.7 Å². The summed E-state index contributed by atoms with van der Waals surface area (Å²) >= 11 is 0. The smallest absolute Gasteiger partial charge is 0.253 e. The number of hydrogen-bond donors (Lipinski definition) is 1. The van der Waals surface area contributed by atoms with Crippen molar-refractivity contribution in [2.45, 2.75) is 18.7 Å². The van der Waals surface area contributed by atoms with E-state index in [4.69, 9.17) is 0 Å². The van der Waals surface area contributed by atoms with Gasteiger partial charge in [-0.15, -0.1) is 0 Å². The van der Waals surface area contributed by atoms with Crippen LogP contribution < -0.4 is 0 Å². The van der Waals surface area contributed by atoms with E-state index in [2.05, 4.69) is 4.98 Å². The van der Waals surface area contributed by atoms with Crippen LogP contribution in [0.3, 0.4) is 0 Å². The minimum Gasteiger partial charge on any atom is -0.358 e. The van der Waals surface area contributed by atoms with E-state index in [1.807, 2.05) is 26.0 Å². The first-order valence-corrected chi connectivity index (χ1v) is 11.0. The number of carbonyl (C=O) groups is 1. The summed E-state index contributed by atoms with van der Waals surface area (Å²) in [4.78, 5) is 17.5. The van der Waals surface area contributed by atoms with E-state index in [0.717, 1.165) is 34.3 Å². The molecule has 9 heteroatoms. The summed E-state index contributed by atoms with van der Waals surface area (Å²) in [5.74, 6) is -2.48. The number of fused-ring (bicyclic) bond motifs is 1. The van der Waals surface area contributed by atoms with Gasteiger partial charge in [-0.05, 0) is 55.8 Å². The molecule has 0 unspecified atom stereocenters. The number of piperazine rings is 1. The van der Waals surface area contributed by atoms with Crippen molar-refractivity contribution >= 4 is 26.8 Å². The van der Waals surface area contributed by atoms with E-state index in [9.17, 15) is 22.0 Å².